The Bertz CT molecular complexity index is 919. The second-order valence-corrected chi connectivity index (χ2v) is 5.85. The summed E-state index contributed by atoms with van der Waals surface area (Å²) in [7, 11) is 0. The average molecular weight is 362 g/mol. The summed E-state index contributed by atoms with van der Waals surface area (Å²) in [6.07, 6.45) is 0. The van der Waals surface area contributed by atoms with Crippen LogP contribution in [0.2, 0.25) is 0 Å². The van der Waals surface area contributed by atoms with Crippen molar-refractivity contribution in [1.29, 1.82) is 5.26 Å². The molecule has 0 bridgehead atoms. The van der Waals surface area contributed by atoms with Crippen molar-refractivity contribution in [2.24, 2.45) is 0 Å². The summed E-state index contributed by atoms with van der Waals surface area (Å²) in [6.45, 7) is 0.519. The van der Waals surface area contributed by atoms with Crippen LogP contribution in [0.25, 0.3) is 11.0 Å². The van der Waals surface area contributed by atoms with E-state index in [9.17, 15) is 4.39 Å². The zero-order chi connectivity index (χ0) is 15.0. The number of nitrogens with one attached hydrogen (secondary N) is 1. The Labute approximate surface area is 133 Å². The van der Waals surface area contributed by atoms with Crippen LogP contribution >= 0.6 is 28.1 Å². The lowest BCUT2D eigenvalue weighted by atomic mass is 10.1. The SMILES string of the molecule is N#Cc1ccc(Cn2c(=S)[nH]c3cc(Br)c(F)cc32)cc1. The van der Waals surface area contributed by atoms with Gasteiger partial charge in [-0.15, -0.1) is 0 Å². The van der Waals surface area contributed by atoms with E-state index < -0.39 is 0 Å². The van der Waals surface area contributed by atoms with Gasteiger partial charge < -0.3 is 9.55 Å². The smallest absolute Gasteiger partial charge is 0.178 e. The predicted molar refractivity (Wildman–Crippen MR) is 85.0 cm³/mol. The second-order valence-electron chi connectivity index (χ2n) is 4.61. The van der Waals surface area contributed by atoms with E-state index in [2.05, 4.69) is 27.0 Å². The Morgan fingerprint density at radius 3 is 2.67 bits per heavy atom. The monoisotopic (exact) mass is 361 g/mol. The third-order valence-corrected chi connectivity index (χ3v) is 4.17. The van der Waals surface area contributed by atoms with E-state index in [-0.39, 0.29) is 5.82 Å². The number of nitriles is 1. The number of H-pyrrole nitrogens is 1. The van der Waals surface area contributed by atoms with E-state index in [4.69, 9.17) is 17.5 Å². The molecule has 0 saturated heterocycles. The molecule has 0 aliphatic rings. The van der Waals surface area contributed by atoms with Crippen LogP contribution in [-0.4, -0.2) is 9.55 Å². The highest BCUT2D eigenvalue weighted by molar-refractivity contribution is 9.10. The normalized spacial score (nSPS) is 10.7. The van der Waals surface area contributed by atoms with Crippen LogP contribution < -0.4 is 0 Å². The molecule has 1 heterocycles. The summed E-state index contributed by atoms with van der Waals surface area (Å²) in [5.74, 6) is -0.329. The van der Waals surface area contributed by atoms with Gasteiger partial charge in [0, 0.05) is 6.07 Å². The molecule has 0 aliphatic carbocycles. The first kappa shape index (κ1) is 14.0. The molecule has 0 saturated carbocycles. The highest BCUT2D eigenvalue weighted by atomic mass is 79.9. The molecule has 0 unspecified atom stereocenters. The van der Waals surface area contributed by atoms with Gasteiger partial charge in [-0.1, -0.05) is 12.1 Å². The van der Waals surface area contributed by atoms with E-state index in [0.29, 0.717) is 26.9 Å². The van der Waals surface area contributed by atoms with Crippen molar-refractivity contribution in [1.82, 2.24) is 9.55 Å². The van der Waals surface area contributed by atoms with Crippen molar-refractivity contribution in [3.05, 3.63) is 62.6 Å². The Morgan fingerprint density at radius 1 is 1.29 bits per heavy atom. The van der Waals surface area contributed by atoms with Gasteiger partial charge in [0.1, 0.15) is 5.82 Å². The number of aromatic amines is 1. The van der Waals surface area contributed by atoms with Crippen molar-refractivity contribution in [2.45, 2.75) is 6.54 Å². The van der Waals surface area contributed by atoms with Gasteiger partial charge in [0.15, 0.2) is 4.77 Å². The lowest BCUT2D eigenvalue weighted by Gasteiger charge is -2.05. The predicted octanol–water partition coefficient (Wildman–Crippen LogP) is 4.52. The zero-order valence-electron chi connectivity index (χ0n) is 10.7. The molecule has 3 aromatic rings. The van der Waals surface area contributed by atoms with Gasteiger partial charge in [-0.25, -0.2) is 4.39 Å². The maximum atomic E-state index is 13.7. The number of hydrogen-bond acceptors (Lipinski definition) is 2. The number of nitrogens with zero attached hydrogens (tertiary/aromatic N) is 2. The average Bonchev–Trinajstić information content (AvgIpc) is 2.76. The first-order chi connectivity index (χ1) is 10.1. The molecule has 6 heteroatoms. The maximum absolute atomic E-state index is 13.7. The Kier molecular flexibility index (Phi) is 3.62. The van der Waals surface area contributed by atoms with Gasteiger partial charge in [-0.05, 0) is 51.9 Å². The molecule has 104 valence electrons. The van der Waals surface area contributed by atoms with E-state index in [1.807, 2.05) is 16.7 Å². The summed E-state index contributed by atoms with van der Waals surface area (Å²) in [5.41, 5.74) is 3.09. The minimum absolute atomic E-state index is 0.329. The van der Waals surface area contributed by atoms with Gasteiger partial charge in [0.2, 0.25) is 0 Å². The zero-order valence-corrected chi connectivity index (χ0v) is 13.1. The summed E-state index contributed by atoms with van der Waals surface area (Å²) in [6, 6.07) is 12.5. The molecule has 0 radical (unpaired) electrons. The Balaban J connectivity index is 2.07. The van der Waals surface area contributed by atoms with Crippen LogP contribution in [0.15, 0.2) is 40.9 Å². The molecule has 3 nitrogen and oxygen atoms in total. The van der Waals surface area contributed by atoms with Crippen molar-refractivity contribution < 1.29 is 4.39 Å². The van der Waals surface area contributed by atoms with Crippen molar-refractivity contribution >= 4 is 39.2 Å². The van der Waals surface area contributed by atoms with Crippen LogP contribution in [-0.2, 0) is 6.54 Å². The van der Waals surface area contributed by atoms with Crippen LogP contribution in [0.1, 0.15) is 11.1 Å². The number of hydrogen-bond donors (Lipinski definition) is 1. The number of halogens is 2. The van der Waals surface area contributed by atoms with E-state index >= 15 is 0 Å². The summed E-state index contributed by atoms with van der Waals surface area (Å²) >= 11 is 8.47. The Morgan fingerprint density at radius 2 is 2.00 bits per heavy atom. The topological polar surface area (TPSA) is 44.5 Å². The molecule has 0 fully saturated rings. The number of rotatable bonds is 2. The highest BCUT2D eigenvalue weighted by Crippen LogP contribution is 2.23. The number of imidazole rings is 1. The molecular weight excluding hydrogens is 353 g/mol. The molecule has 3 rings (SSSR count). The highest BCUT2D eigenvalue weighted by Gasteiger charge is 2.09. The number of fused-ring (bicyclic) bond motifs is 1. The fourth-order valence-electron chi connectivity index (χ4n) is 2.18. The third-order valence-electron chi connectivity index (χ3n) is 3.24. The molecule has 1 N–H and O–H groups in total. The summed E-state index contributed by atoms with van der Waals surface area (Å²) in [4.78, 5) is 3.07. The molecule has 21 heavy (non-hydrogen) atoms. The minimum Gasteiger partial charge on any atom is -0.331 e. The van der Waals surface area contributed by atoms with Crippen LogP contribution in [0, 0.1) is 21.9 Å². The largest absolute Gasteiger partial charge is 0.331 e. The van der Waals surface area contributed by atoms with E-state index in [0.717, 1.165) is 11.1 Å². The van der Waals surface area contributed by atoms with Crippen molar-refractivity contribution in [3.63, 3.8) is 0 Å². The Hall–Kier alpha value is -1.97. The van der Waals surface area contributed by atoms with Crippen LogP contribution in [0.4, 0.5) is 4.39 Å². The second kappa shape index (κ2) is 5.43. The fraction of sp³-hybridized carbons (Fsp3) is 0.0667. The van der Waals surface area contributed by atoms with Gasteiger partial charge >= 0.3 is 0 Å². The quantitative estimate of drug-likeness (QED) is 0.682. The molecule has 0 amide bonds. The number of aromatic nitrogens is 2. The van der Waals surface area contributed by atoms with Crippen LogP contribution in [0.5, 0.6) is 0 Å². The lowest BCUT2D eigenvalue weighted by molar-refractivity contribution is 0.622. The molecule has 0 atom stereocenters. The van der Waals surface area contributed by atoms with Gasteiger partial charge in [0.25, 0.3) is 0 Å². The van der Waals surface area contributed by atoms with Gasteiger partial charge in [-0.3, -0.25) is 0 Å². The first-order valence-corrected chi connectivity index (χ1v) is 7.35. The summed E-state index contributed by atoms with van der Waals surface area (Å²) < 4.78 is 16.5. The van der Waals surface area contributed by atoms with Crippen molar-refractivity contribution in [3.8, 4) is 6.07 Å². The number of benzene rings is 2. The molecule has 2 aromatic carbocycles. The lowest BCUT2D eigenvalue weighted by Crippen LogP contribution is -2.00. The van der Waals surface area contributed by atoms with Crippen LogP contribution in [0.3, 0.4) is 0 Å². The molecule has 0 spiro atoms. The molecule has 1 aromatic heterocycles. The molecular formula is C15H9BrFN3S. The van der Waals surface area contributed by atoms with Gasteiger partial charge in [-0.2, -0.15) is 5.26 Å². The first-order valence-electron chi connectivity index (χ1n) is 6.15. The fourth-order valence-corrected chi connectivity index (χ4v) is 2.79. The third kappa shape index (κ3) is 2.62. The maximum Gasteiger partial charge on any atom is 0.178 e. The standard InChI is InChI=1S/C15H9BrFN3S/c16-11-5-13-14(6-12(11)17)20(15(21)19-13)8-10-3-1-9(7-18)2-4-10/h1-6H,8H2,(H,19,21). The van der Waals surface area contributed by atoms with Crippen molar-refractivity contribution in [2.75, 3.05) is 0 Å². The molecule has 0 aliphatic heterocycles. The summed E-state index contributed by atoms with van der Waals surface area (Å²) in [5, 5.41) is 8.80. The van der Waals surface area contributed by atoms with Gasteiger partial charge in [0.05, 0.1) is 33.7 Å². The van der Waals surface area contributed by atoms with E-state index in [1.54, 1.807) is 18.2 Å². The minimum atomic E-state index is -0.329. The van der Waals surface area contributed by atoms with E-state index in [1.165, 1.54) is 6.07 Å².